The van der Waals surface area contributed by atoms with E-state index >= 15 is 0 Å². The number of hydrogen-bond acceptors (Lipinski definition) is 2. The van der Waals surface area contributed by atoms with E-state index in [9.17, 15) is 4.79 Å². The van der Waals surface area contributed by atoms with E-state index in [2.05, 4.69) is 0 Å². The minimum absolute atomic E-state index is 0.0302. The Morgan fingerprint density at radius 2 is 1.56 bits per heavy atom. The zero-order valence-corrected chi connectivity index (χ0v) is 14.4. The van der Waals surface area contributed by atoms with Crippen LogP contribution in [-0.2, 0) is 0 Å². The molecule has 0 fully saturated rings. The topological polar surface area (TPSA) is 30.2 Å². The van der Waals surface area contributed by atoms with Crippen LogP contribution in [0.4, 0.5) is 0 Å². The monoisotopic (exact) mass is 346 g/mol. The van der Waals surface area contributed by atoms with Crippen molar-refractivity contribution in [2.24, 2.45) is 0 Å². The molecular formula is C22H15ClO2. The molecule has 0 amide bonds. The molecule has 0 radical (unpaired) electrons. The van der Waals surface area contributed by atoms with Crippen LogP contribution in [-0.4, -0.2) is 0 Å². The van der Waals surface area contributed by atoms with Crippen LogP contribution >= 0.6 is 11.6 Å². The predicted molar refractivity (Wildman–Crippen MR) is 103 cm³/mol. The van der Waals surface area contributed by atoms with E-state index in [4.69, 9.17) is 16.0 Å². The quantitative estimate of drug-likeness (QED) is 0.439. The standard InChI is InChI=1S/C22H15ClO2/c1-14-7-12-18-19(13-14)25-22(16-8-10-17(23)11-9-16)20(21(18)24)15-5-3-2-4-6-15/h2-13H,1H3. The SMILES string of the molecule is Cc1ccc2c(=O)c(-c3ccccc3)c(-c3ccc(Cl)cc3)oc2c1. The molecular weight excluding hydrogens is 332 g/mol. The molecule has 0 aliphatic rings. The first kappa shape index (κ1) is 15.7. The highest BCUT2D eigenvalue weighted by molar-refractivity contribution is 6.30. The van der Waals surface area contributed by atoms with Gasteiger partial charge in [-0.25, -0.2) is 0 Å². The molecule has 4 aromatic rings. The van der Waals surface area contributed by atoms with Crippen LogP contribution in [0.25, 0.3) is 33.4 Å². The summed E-state index contributed by atoms with van der Waals surface area (Å²) in [5, 5.41) is 1.23. The molecule has 4 rings (SSSR count). The van der Waals surface area contributed by atoms with Crippen molar-refractivity contribution >= 4 is 22.6 Å². The Balaban J connectivity index is 2.11. The maximum absolute atomic E-state index is 13.2. The van der Waals surface area contributed by atoms with Gasteiger partial charge in [0.25, 0.3) is 0 Å². The van der Waals surface area contributed by atoms with E-state index in [0.717, 1.165) is 16.7 Å². The minimum Gasteiger partial charge on any atom is -0.455 e. The largest absolute Gasteiger partial charge is 0.455 e. The number of hydrogen-bond donors (Lipinski definition) is 0. The minimum atomic E-state index is -0.0302. The lowest BCUT2D eigenvalue weighted by Gasteiger charge is -2.11. The van der Waals surface area contributed by atoms with Gasteiger partial charge < -0.3 is 4.42 Å². The molecule has 1 heterocycles. The van der Waals surface area contributed by atoms with E-state index in [-0.39, 0.29) is 5.43 Å². The summed E-state index contributed by atoms with van der Waals surface area (Å²) < 4.78 is 6.19. The number of fused-ring (bicyclic) bond motifs is 1. The molecule has 3 aromatic carbocycles. The molecule has 0 aliphatic heterocycles. The molecule has 0 bridgehead atoms. The molecule has 3 heteroatoms. The van der Waals surface area contributed by atoms with Crippen LogP contribution in [0.3, 0.4) is 0 Å². The van der Waals surface area contributed by atoms with Crippen LogP contribution in [0.5, 0.6) is 0 Å². The fourth-order valence-electron chi connectivity index (χ4n) is 2.97. The third kappa shape index (κ3) is 2.86. The maximum Gasteiger partial charge on any atom is 0.201 e. The summed E-state index contributed by atoms with van der Waals surface area (Å²) in [4.78, 5) is 13.2. The van der Waals surface area contributed by atoms with Gasteiger partial charge in [-0.15, -0.1) is 0 Å². The lowest BCUT2D eigenvalue weighted by molar-refractivity contribution is 0.620. The predicted octanol–water partition coefficient (Wildman–Crippen LogP) is 6.09. The Kier molecular flexibility index (Phi) is 3.90. The summed E-state index contributed by atoms with van der Waals surface area (Å²) in [5.41, 5.74) is 3.84. The third-order valence-electron chi connectivity index (χ3n) is 4.22. The van der Waals surface area contributed by atoms with Gasteiger partial charge in [0.05, 0.1) is 10.9 Å². The molecule has 1 aromatic heterocycles. The van der Waals surface area contributed by atoms with Gasteiger partial charge in [-0.1, -0.05) is 48.0 Å². The van der Waals surface area contributed by atoms with Gasteiger partial charge in [0, 0.05) is 10.6 Å². The Morgan fingerprint density at radius 3 is 2.28 bits per heavy atom. The second kappa shape index (κ2) is 6.23. The lowest BCUT2D eigenvalue weighted by Crippen LogP contribution is -2.07. The van der Waals surface area contributed by atoms with Crippen molar-refractivity contribution in [1.82, 2.24) is 0 Å². The van der Waals surface area contributed by atoms with Crippen molar-refractivity contribution in [2.45, 2.75) is 6.92 Å². The second-order valence-corrected chi connectivity index (χ2v) is 6.44. The summed E-state index contributed by atoms with van der Waals surface area (Å²) in [6.07, 6.45) is 0. The van der Waals surface area contributed by atoms with E-state index in [1.165, 1.54) is 0 Å². The van der Waals surface area contributed by atoms with Gasteiger partial charge in [-0.2, -0.15) is 0 Å². The number of aryl methyl sites for hydroxylation is 1. The summed E-state index contributed by atoms with van der Waals surface area (Å²) in [5.74, 6) is 0.561. The van der Waals surface area contributed by atoms with Gasteiger partial charge in [-0.05, 0) is 54.4 Å². The summed E-state index contributed by atoms with van der Waals surface area (Å²) in [6, 6.07) is 22.6. The van der Waals surface area contributed by atoms with Gasteiger partial charge >= 0.3 is 0 Å². The normalized spacial score (nSPS) is 11.0. The fourth-order valence-corrected chi connectivity index (χ4v) is 3.10. The highest BCUT2D eigenvalue weighted by Gasteiger charge is 2.17. The molecule has 0 unspecified atom stereocenters. The molecule has 0 N–H and O–H groups in total. The Morgan fingerprint density at radius 1 is 0.840 bits per heavy atom. The Labute approximate surface area is 150 Å². The van der Waals surface area contributed by atoms with E-state index < -0.39 is 0 Å². The highest BCUT2D eigenvalue weighted by Crippen LogP contribution is 2.33. The molecule has 0 spiro atoms. The first-order chi connectivity index (χ1) is 12.1. The average Bonchev–Trinajstić information content (AvgIpc) is 2.62. The van der Waals surface area contributed by atoms with Crippen LogP contribution in [0.1, 0.15) is 5.56 Å². The van der Waals surface area contributed by atoms with E-state index in [0.29, 0.717) is 27.3 Å². The summed E-state index contributed by atoms with van der Waals surface area (Å²) in [6.45, 7) is 1.98. The van der Waals surface area contributed by atoms with Crippen molar-refractivity contribution in [1.29, 1.82) is 0 Å². The highest BCUT2D eigenvalue weighted by atomic mass is 35.5. The van der Waals surface area contributed by atoms with Crippen LogP contribution in [0.2, 0.25) is 5.02 Å². The van der Waals surface area contributed by atoms with Crippen molar-refractivity contribution in [2.75, 3.05) is 0 Å². The van der Waals surface area contributed by atoms with Crippen molar-refractivity contribution in [3.8, 4) is 22.5 Å². The molecule has 0 atom stereocenters. The van der Waals surface area contributed by atoms with Crippen LogP contribution in [0, 0.1) is 6.92 Å². The van der Waals surface area contributed by atoms with Crippen molar-refractivity contribution in [3.63, 3.8) is 0 Å². The van der Waals surface area contributed by atoms with Gasteiger partial charge in [0.2, 0.25) is 5.43 Å². The zero-order chi connectivity index (χ0) is 17.4. The number of halogens is 1. The third-order valence-corrected chi connectivity index (χ3v) is 4.47. The Hall–Kier alpha value is -2.84. The first-order valence-corrected chi connectivity index (χ1v) is 8.40. The second-order valence-electron chi connectivity index (χ2n) is 6.01. The van der Waals surface area contributed by atoms with Crippen molar-refractivity contribution in [3.05, 3.63) is 93.6 Å². The molecule has 2 nitrogen and oxygen atoms in total. The van der Waals surface area contributed by atoms with Gasteiger partial charge in [-0.3, -0.25) is 4.79 Å². The van der Waals surface area contributed by atoms with Gasteiger partial charge in [0.15, 0.2) is 0 Å². The first-order valence-electron chi connectivity index (χ1n) is 8.02. The van der Waals surface area contributed by atoms with Crippen LogP contribution in [0.15, 0.2) is 82.0 Å². The van der Waals surface area contributed by atoms with Crippen molar-refractivity contribution < 1.29 is 4.42 Å². The summed E-state index contributed by atoms with van der Waals surface area (Å²) >= 11 is 6.01. The molecule has 0 saturated carbocycles. The average molecular weight is 347 g/mol. The number of rotatable bonds is 2. The fraction of sp³-hybridized carbons (Fsp3) is 0.0455. The molecule has 122 valence electrons. The van der Waals surface area contributed by atoms with Crippen LogP contribution < -0.4 is 5.43 Å². The molecule has 0 aliphatic carbocycles. The van der Waals surface area contributed by atoms with E-state index in [1.807, 2.05) is 67.6 Å². The number of benzene rings is 3. The maximum atomic E-state index is 13.2. The summed E-state index contributed by atoms with van der Waals surface area (Å²) in [7, 11) is 0. The lowest BCUT2D eigenvalue weighted by atomic mass is 9.98. The van der Waals surface area contributed by atoms with E-state index in [1.54, 1.807) is 12.1 Å². The molecule has 0 saturated heterocycles. The zero-order valence-electron chi connectivity index (χ0n) is 13.6. The Bertz CT molecular complexity index is 1110. The smallest absolute Gasteiger partial charge is 0.201 e. The molecule has 25 heavy (non-hydrogen) atoms. The van der Waals surface area contributed by atoms with Gasteiger partial charge in [0.1, 0.15) is 11.3 Å².